The quantitative estimate of drug-likeness (QED) is 0.729. The number of nitrogens with zero attached hydrogens (tertiary/aromatic N) is 2. The predicted molar refractivity (Wildman–Crippen MR) is 54.5 cm³/mol. The van der Waals surface area contributed by atoms with Gasteiger partial charge in [-0.2, -0.15) is 5.10 Å². The van der Waals surface area contributed by atoms with Crippen LogP contribution in [-0.2, 0) is 4.79 Å². The summed E-state index contributed by atoms with van der Waals surface area (Å²) in [6.45, 7) is 0.249. The van der Waals surface area contributed by atoms with Gasteiger partial charge in [0, 0.05) is 18.0 Å². The average Bonchev–Trinajstić information content (AvgIpc) is 2.30. The van der Waals surface area contributed by atoms with E-state index < -0.39 is 5.97 Å². The third kappa shape index (κ3) is 2.01. The Morgan fingerprint density at radius 1 is 1.53 bits per heavy atom. The molecule has 0 aromatic carbocycles. The number of hydrogen-bond acceptors (Lipinski definition) is 4. The number of allylic oxidation sites excluding steroid dienone is 1. The van der Waals surface area contributed by atoms with Gasteiger partial charge < -0.3 is 10.5 Å². The first kappa shape index (κ1) is 9.39. The molecule has 0 radical (unpaired) electrons. The molecular formula is C10H9N3O2. The van der Waals surface area contributed by atoms with Gasteiger partial charge in [0.25, 0.3) is 0 Å². The summed E-state index contributed by atoms with van der Waals surface area (Å²) in [6.07, 6.45) is 4.85. The van der Waals surface area contributed by atoms with E-state index >= 15 is 0 Å². The van der Waals surface area contributed by atoms with Crippen LogP contribution in [0.15, 0.2) is 41.3 Å². The fourth-order valence-electron chi connectivity index (χ4n) is 1.26. The number of nitrogens with one attached hydrogen (secondary N) is 1. The second-order valence-corrected chi connectivity index (χ2v) is 3.05. The fourth-order valence-corrected chi connectivity index (χ4v) is 1.26. The van der Waals surface area contributed by atoms with Crippen molar-refractivity contribution in [1.82, 2.24) is 10.4 Å². The van der Waals surface area contributed by atoms with Crippen molar-refractivity contribution in [3.63, 3.8) is 0 Å². The van der Waals surface area contributed by atoms with Gasteiger partial charge in [-0.3, -0.25) is 4.98 Å². The van der Waals surface area contributed by atoms with Crippen molar-refractivity contribution in [2.24, 2.45) is 5.10 Å². The van der Waals surface area contributed by atoms with Crippen LogP contribution in [0.5, 0.6) is 0 Å². The number of aliphatic carboxylic acids is 1. The van der Waals surface area contributed by atoms with Gasteiger partial charge in [-0.05, 0) is 18.2 Å². The molecule has 2 heterocycles. The van der Waals surface area contributed by atoms with Gasteiger partial charge in [0.1, 0.15) is 0 Å². The number of carbonyl (C=O) groups is 1. The second kappa shape index (κ2) is 3.91. The first-order valence-electron chi connectivity index (χ1n) is 4.42. The van der Waals surface area contributed by atoms with Crippen LogP contribution >= 0.6 is 0 Å². The largest absolute Gasteiger partial charge is 0.478 e. The number of aromatic nitrogens is 1. The molecule has 0 saturated heterocycles. The molecule has 15 heavy (non-hydrogen) atoms. The standard InChI is InChI=1S/C10H9N3O2/c14-10(15)8-4-9(13-12-6-8)7-2-1-3-11-5-7/h1-5,12H,6H2,(H,14,15). The molecule has 1 aromatic heterocycles. The molecule has 0 amide bonds. The van der Waals surface area contributed by atoms with Gasteiger partial charge >= 0.3 is 5.97 Å². The van der Waals surface area contributed by atoms with Gasteiger partial charge in [-0.15, -0.1) is 0 Å². The Morgan fingerprint density at radius 2 is 2.40 bits per heavy atom. The van der Waals surface area contributed by atoms with Gasteiger partial charge in [-0.1, -0.05) is 0 Å². The summed E-state index contributed by atoms with van der Waals surface area (Å²) < 4.78 is 0. The van der Waals surface area contributed by atoms with Crippen molar-refractivity contribution in [2.45, 2.75) is 0 Å². The molecule has 1 aromatic rings. The Balaban J connectivity index is 2.32. The zero-order valence-electron chi connectivity index (χ0n) is 7.84. The summed E-state index contributed by atoms with van der Waals surface area (Å²) in [4.78, 5) is 14.7. The molecule has 0 saturated carbocycles. The first-order valence-corrected chi connectivity index (χ1v) is 4.42. The Hall–Kier alpha value is -2.17. The molecule has 0 atom stereocenters. The van der Waals surface area contributed by atoms with Crippen LogP contribution in [0, 0.1) is 0 Å². The molecule has 2 rings (SSSR count). The summed E-state index contributed by atoms with van der Waals surface area (Å²) in [7, 11) is 0. The van der Waals surface area contributed by atoms with Crippen LogP contribution < -0.4 is 5.43 Å². The minimum atomic E-state index is -0.932. The molecule has 5 nitrogen and oxygen atoms in total. The summed E-state index contributed by atoms with van der Waals surface area (Å²) >= 11 is 0. The van der Waals surface area contributed by atoms with Crippen LogP contribution in [0.2, 0.25) is 0 Å². The highest BCUT2D eigenvalue weighted by Gasteiger charge is 2.13. The lowest BCUT2D eigenvalue weighted by Crippen LogP contribution is -2.23. The highest BCUT2D eigenvalue weighted by molar-refractivity contribution is 6.12. The number of pyridine rings is 1. The van der Waals surface area contributed by atoms with Gasteiger partial charge in [0.15, 0.2) is 0 Å². The molecular weight excluding hydrogens is 194 g/mol. The maximum Gasteiger partial charge on any atom is 0.333 e. The summed E-state index contributed by atoms with van der Waals surface area (Å²) in [5.74, 6) is -0.932. The van der Waals surface area contributed by atoms with Crippen molar-refractivity contribution in [3.05, 3.63) is 41.7 Å². The maximum atomic E-state index is 10.8. The summed E-state index contributed by atoms with van der Waals surface area (Å²) in [5, 5.41) is 12.8. The normalized spacial score (nSPS) is 14.9. The van der Waals surface area contributed by atoms with Gasteiger partial charge in [-0.25, -0.2) is 4.79 Å². The van der Waals surface area contributed by atoms with Crippen LogP contribution in [0.1, 0.15) is 5.56 Å². The number of carboxylic acid groups (broad SMARTS) is 1. The van der Waals surface area contributed by atoms with Crippen LogP contribution in [0.4, 0.5) is 0 Å². The highest BCUT2D eigenvalue weighted by atomic mass is 16.4. The lowest BCUT2D eigenvalue weighted by atomic mass is 10.1. The van der Waals surface area contributed by atoms with Crippen molar-refractivity contribution in [2.75, 3.05) is 6.54 Å². The Bertz CT molecular complexity index is 437. The Labute approximate surface area is 86.2 Å². The van der Waals surface area contributed by atoms with E-state index in [9.17, 15) is 4.79 Å². The van der Waals surface area contributed by atoms with E-state index in [0.29, 0.717) is 11.3 Å². The van der Waals surface area contributed by atoms with E-state index in [2.05, 4.69) is 15.5 Å². The SMILES string of the molecule is O=C(O)C1=CC(c2cccnc2)=NNC1. The molecule has 1 aliphatic heterocycles. The predicted octanol–water partition coefficient (Wildman–Crippen LogP) is 0.400. The number of hydrazone groups is 1. The maximum absolute atomic E-state index is 10.8. The number of carboxylic acids is 1. The zero-order valence-corrected chi connectivity index (χ0v) is 7.84. The molecule has 0 aliphatic carbocycles. The molecule has 0 unspecified atom stereocenters. The molecule has 0 bridgehead atoms. The third-order valence-corrected chi connectivity index (χ3v) is 2.01. The highest BCUT2D eigenvalue weighted by Crippen LogP contribution is 2.06. The van der Waals surface area contributed by atoms with Crippen molar-refractivity contribution in [1.29, 1.82) is 0 Å². The lowest BCUT2D eigenvalue weighted by Gasteiger charge is -2.11. The summed E-state index contributed by atoms with van der Waals surface area (Å²) in [6, 6.07) is 3.61. The number of hydrogen-bond donors (Lipinski definition) is 2. The molecule has 1 aliphatic rings. The topological polar surface area (TPSA) is 74.6 Å². The van der Waals surface area contributed by atoms with Gasteiger partial charge in [0.2, 0.25) is 0 Å². The monoisotopic (exact) mass is 203 g/mol. The van der Waals surface area contributed by atoms with Crippen LogP contribution in [0.25, 0.3) is 0 Å². The fraction of sp³-hybridized carbons (Fsp3) is 0.100. The van der Waals surface area contributed by atoms with Crippen molar-refractivity contribution >= 4 is 11.7 Å². The van der Waals surface area contributed by atoms with Crippen LogP contribution in [-0.4, -0.2) is 28.3 Å². The lowest BCUT2D eigenvalue weighted by molar-refractivity contribution is -0.132. The van der Waals surface area contributed by atoms with Gasteiger partial charge in [0.05, 0.1) is 17.8 Å². The number of rotatable bonds is 2. The van der Waals surface area contributed by atoms with E-state index in [-0.39, 0.29) is 6.54 Å². The van der Waals surface area contributed by atoms with Crippen molar-refractivity contribution in [3.8, 4) is 0 Å². The molecule has 76 valence electrons. The molecule has 0 spiro atoms. The zero-order chi connectivity index (χ0) is 10.7. The molecule has 5 heteroatoms. The third-order valence-electron chi connectivity index (χ3n) is 2.01. The minimum absolute atomic E-state index is 0.249. The van der Waals surface area contributed by atoms with E-state index in [1.165, 1.54) is 0 Å². The van der Waals surface area contributed by atoms with E-state index in [0.717, 1.165) is 5.56 Å². The minimum Gasteiger partial charge on any atom is -0.478 e. The Kier molecular flexibility index (Phi) is 2.45. The smallest absolute Gasteiger partial charge is 0.333 e. The van der Waals surface area contributed by atoms with Crippen LogP contribution in [0.3, 0.4) is 0 Å². The molecule has 0 fully saturated rings. The Morgan fingerprint density at radius 3 is 3.07 bits per heavy atom. The molecule has 2 N–H and O–H groups in total. The van der Waals surface area contributed by atoms with Crippen molar-refractivity contribution < 1.29 is 9.90 Å². The van der Waals surface area contributed by atoms with E-state index in [1.54, 1.807) is 24.5 Å². The van der Waals surface area contributed by atoms with E-state index in [4.69, 9.17) is 5.11 Å². The first-order chi connectivity index (χ1) is 7.27. The second-order valence-electron chi connectivity index (χ2n) is 3.05. The summed E-state index contributed by atoms with van der Waals surface area (Å²) in [5.41, 5.74) is 4.36. The van der Waals surface area contributed by atoms with E-state index in [1.807, 2.05) is 6.07 Å². The average molecular weight is 203 g/mol.